The molecule has 1 aliphatic heterocycles. The third kappa shape index (κ3) is 1.69. The normalized spacial score (nSPS) is 19.3. The average Bonchev–Trinajstić information content (AvgIpc) is 2.23. The number of anilines is 1. The van der Waals surface area contributed by atoms with Gasteiger partial charge in [0.05, 0.1) is 0 Å². The van der Waals surface area contributed by atoms with Crippen LogP contribution in [0.1, 0.15) is 32.3 Å². The highest BCUT2D eigenvalue weighted by Crippen LogP contribution is 2.33. The van der Waals surface area contributed by atoms with Gasteiger partial charge in [-0.1, -0.05) is 6.07 Å². The summed E-state index contributed by atoms with van der Waals surface area (Å²) in [6, 6.07) is 5.70. The van der Waals surface area contributed by atoms with E-state index in [0.29, 0.717) is 5.75 Å². The minimum atomic E-state index is 0.138. The van der Waals surface area contributed by atoms with Crippen molar-refractivity contribution in [3.8, 4) is 5.75 Å². The van der Waals surface area contributed by atoms with Crippen LogP contribution in [0.3, 0.4) is 0 Å². The van der Waals surface area contributed by atoms with Gasteiger partial charge in [-0.25, -0.2) is 0 Å². The largest absolute Gasteiger partial charge is 0.508 e. The number of benzene rings is 1. The number of nitrogens with one attached hydrogen (secondary N) is 1. The monoisotopic (exact) mass is 191 g/mol. The van der Waals surface area contributed by atoms with Crippen LogP contribution in [-0.4, -0.2) is 10.6 Å². The fraction of sp³-hybridized carbons (Fsp3) is 0.500. The van der Waals surface area contributed by atoms with Crippen molar-refractivity contribution in [2.45, 2.75) is 38.6 Å². The lowest BCUT2D eigenvalue weighted by molar-refractivity contribution is 0.466. The van der Waals surface area contributed by atoms with Gasteiger partial charge in [0, 0.05) is 16.8 Å². The van der Waals surface area contributed by atoms with Crippen molar-refractivity contribution in [1.82, 2.24) is 0 Å². The smallest absolute Gasteiger partial charge is 0.120 e. The van der Waals surface area contributed by atoms with Crippen molar-refractivity contribution in [2.75, 3.05) is 5.32 Å². The van der Waals surface area contributed by atoms with E-state index in [9.17, 15) is 5.11 Å². The van der Waals surface area contributed by atoms with Crippen molar-refractivity contribution in [2.24, 2.45) is 0 Å². The first-order valence-electron chi connectivity index (χ1n) is 5.17. The maximum Gasteiger partial charge on any atom is 0.120 e. The van der Waals surface area contributed by atoms with Crippen LogP contribution in [0.25, 0.3) is 0 Å². The number of rotatable bonds is 0. The first-order chi connectivity index (χ1) is 6.58. The van der Waals surface area contributed by atoms with Crippen molar-refractivity contribution >= 4 is 5.69 Å². The number of phenolic OH excluding ortho intramolecular Hbond substituents is 1. The standard InChI is InChI=1S/C12H17NO/c1-12(2)8-4-5-9-10(13-12)6-3-7-11(9)14/h3,6-7,13-14H,4-5,8H2,1-2H3. The summed E-state index contributed by atoms with van der Waals surface area (Å²) in [6.45, 7) is 4.40. The van der Waals surface area contributed by atoms with Crippen molar-refractivity contribution < 1.29 is 5.11 Å². The van der Waals surface area contributed by atoms with E-state index >= 15 is 0 Å². The fourth-order valence-electron chi connectivity index (χ4n) is 2.09. The molecule has 0 radical (unpaired) electrons. The van der Waals surface area contributed by atoms with Crippen LogP contribution in [0.2, 0.25) is 0 Å². The zero-order chi connectivity index (χ0) is 10.2. The van der Waals surface area contributed by atoms with Gasteiger partial charge in [-0.05, 0) is 45.2 Å². The van der Waals surface area contributed by atoms with E-state index in [1.165, 1.54) is 0 Å². The fourth-order valence-corrected chi connectivity index (χ4v) is 2.09. The number of fused-ring (bicyclic) bond motifs is 1. The van der Waals surface area contributed by atoms with Gasteiger partial charge in [0.1, 0.15) is 5.75 Å². The quantitative estimate of drug-likeness (QED) is 0.661. The zero-order valence-electron chi connectivity index (χ0n) is 8.80. The topological polar surface area (TPSA) is 32.3 Å². The predicted molar refractivity (Wildman–Crippen MR) is 58.7 cm³/mol. The van der Waals surface area contributed by atoms with Crippen LogP contribution in [0.4, 0.5) is 5.69 Å². The molecule has 0 atom stereocenters. The van der Waals surface area contributed by atoms with Crippen LogP contribution in [0, 0.1) is 0 Å². The molecule has 1 aliphatic rings. The highest BCUT2D eigenvalue weighted by Gasteiger charge is 2.22. The Bertz CT molecular complexity index is 344. The summed E-state index contributed by atoms with van der Waals surface area (Å²) in [5.41, 5.74) is 2.30. The van der Waals surface area contributed by atoms with E-state index in [-0.39, 0.29) is 5.54 Å². The van der Waals surface area contributed by atoms with Gasteiger partial charge in [-0.3, -0.25) is 0 Å². The van der Waals surface area contributed by atoms with E-state index in [1.807, 2.05) is 12.1 Å². The number of aromatic hydroxyl groups is 1. The molecule has 0 fully saturated rings. The Morgan fingerprint density at radius 3 is 2.93 bits per heavy atom. The lowest BCUT2D eigenvalue weighted by Crippen LogP contribution is -2.29. The summed E-state index contributed by atoms with van der Waals surface area (Å²) >= 11 is 0. The van der Waals surface area contributed by atoms with Gasteiger partial charge in [0.15, 0.2) is 0 Å². The Hall–Kier alpha value is -1.18. The SMILES string of the molecule is CC1(C)CCCc2c(O)cccc2N1. The lowest BCUT2D eigenvalue weighted by Gasteiger charge is -2.25. The Kier molecular flexibility index (Phi) is 2.14. The molecule has 2 nitrogen and oxygen atoms in total. The Morgan fingerprint density at radius 2 is 2.14 bits per heavy atom. The van der Waals surface area contributed by atoms with E-state index in [2.05, 4.69) is 19.2 Å². The molecular weight excluding hydrogens is 174 g/mol. The van der Waals surface area contributed by atoms with Gasteiger partial charge in [-0.2, -0.15) is 0 Å². The molecule has 0 amide bonds. The molecule has 76 valence electrons. The summed E-state index contributed by atoms with van der Waals surface area (Å²) in [5.74, 6) is 0.424. The summed E-state index contributed by atoms with van der Waals surface area (Å²) in [7, 11) is 0. The number of hydrogen-bond donors (Lipinski definition) is 2. The molecule has 2 N–H and O–H groups in total. The van der Waals surface area contributed by atoms with E-state index in [1.54, 1.807) is 6.07 Å². The summed E-state index contributed by atoms with van der Waals surface area (Å²) in [5, 5.41) is 13.2. The zero-order valence-corrected chi connectivity index (χ0v) is 8.80. The van der Waals surface area contributed by atoms with Crippen LogP contribution in [-0.2, 0) is 6.42 Å². The third-order valence-electron chi connectivity index (χ3n) is 2.85. The minimum Gasteiger partial charge on any atom is -0.508 e. The van der Waals surface area contributed by atoms with Gasteiger partial charge in [-0.15, -0.1) is 0 Å². The second-order valence-corrected chi connectivity index (χ2v) is 4.67. The molecule has 0 bridgehead atoms. The van der Waals surface area contributed by atoms with E-state index in [0.717, 1.165) is 30.5 Å². The average molecular weight is 191 g/mol. The molecule has 0 saturated carbocycles. The molecule has 1 heterocycles. The molecule has 14 heavy (non-hydrogen) atoms. The highest BCUT2D eigenvalue weighted by molar-refractivity contribution is 5.59. The molecule has 0 unspecified atom stereocenters. The molecule has 0 aliphatic carbocycles. The predicted octanol–water partition coefficient (Wildman–Crippen LogP) is 2.92. The highest BCUT2D eigenvalue weighted by atomic mass is 16.3. The summed E-state index contributed by atoms with van der Waals surface area (Å²) < 4.78 is 0. The summed E-state index contributed by atoms with van der Waals surface area (Å²) in [6.07, 6.45) is 3.24. The Labute approximate surface area is 85.0 Å². The third-order valence-corrected chi connectivity index (χ3v) is 2.85. The molecule has 0 saturated heterocycles. The summed E-state index contributed by atoms with van der Waals surface area (Å²) in [4.78, 5) is 0. The first-order valence-corrected chi connectivity index (χ1v) is 5.17. The molecule has 0 aromatic heterocycles. The van der Waals surface area contributed by atoms with Crippen LogP contribution >= 0.6 is 0 Å². The van der Waals surface area contributed by atoms with Gasteiger partial charge < -0.3 is 10.4 Å². The minimum absolute atomic E-state index is 0.138. The number of hydrogen-bond acceptors (Lipinski definition) is 2. The van der Waals surface area contributed by atoms with E-state index in [4.69, 9.17) is 0 Å². The van der Waals surface area contributed by atoms with Crippen molar-refractivity contribution in [3.63, 3.8) is 0 Å². The first kappa shape index (κ1) is 9.38. The van der Waals surface area contributed by atoms with E-state index < -0.39 is 0 Å². The van der Waals surface area contributed by atoms with Gasteiger partial charge in [0.25, 0.3) is 0 Å². The van der Waals surface area contributed by atoms with Gasteiger partial charge >= 0.3 is 0 Å². The Morgan fingerprint density at radius 1 is 1.36 bits per heavy atom. The maximum absolute atomic E-state index is 9.71. The second-order valence-electron chi connectivity index (χ2n) is 4.67. The van der Waals surface area contributed by atoms with Crippen molar-refractivity contribution in [3.05, 3.63) is 23.8 Å². The second kappa shape index (κ2) is 3.19. The molecular formula is C12H17NO. The van der Waals surface area contributed by atoms with Crippen LogP contribution < -0.4 is 5.32 Å². The van der Waals surface area contributed by atoms with Crippen LogP contribution in [0.15, 0.2) is 18.2 Å². The maximum atomic E-state index is 9.71. The Balaban J connectivity index is 2.42. The molecule has 2 rings (SSSR count). The van der Waals surface area contributed by atoms with Gasteiger partial charge in [0.2, 0.25) is 0 Å². The molecule has 0 spiro atoms. The molecule has 2 heteroatoms. The number of phenols is 1. The van der Waals surface area contributed by atoms with Crippen molar-refractivity contribution in [1.29, 1.82) is 0 Å². The van der Waals surface area contributed by atoms with Crippen LogP contribution in [0.5, 0.6) is 5.75 Å². The molecule has 1 aromatic carbocycles. The lowest BCUT2D eigenvalue weighted by atomic mass is 9.98. The molecule has 1 aromatic rings.